The Balaban J connectivity index is 1.68. The van der Waals surface area contributed by atoms with Crippen LogP contribution in [0, 0.1) is 6.92 Å². The van der Waals surface area contributed by atoms with Crippen LogP contribution >= 0.6 is 15.9 Å². The smallest absolute Gasteiger partial charge is 0.122 e. The molecule has 110 valence electrons. The van der Waals surface area contributed by atoms with Gasteiger partial charge in [-0.25, -0.2) is 0 Å². The second-order valence-corrected chi connectivity index (χ2v) is 6.57. The molecule has 3 heteroatoms. The Labute approximate surface area is 134 Å². The summed E-state index contributed by atoms with van der Waals surface area (Å²) in [7, 11) is 0. The standard InChI is InChI=1S/C18H20BrNO/c1-12-2-5-16(19)15(10-12)17(20)6-3-13-4-7-18-14(11-13)8-9-21-18/h2,4-5,7,10-11,17H,3,6,8-9,20H2,1H3. The molecule has 0 saturated carbocycles. The summed E-state index contributed by atoms with van der Waals surface area (Å²) in [6, 6.07) is 12.9. The molecule has 1 unspecified atom stereocenters. The first kappa shape index (κ1) is 14.6. The molecule has 0 amide bonds. The quantitative estimate of drug-likeness (QED) is 0.895. The first-order valence-electron chi connectivity index (χ1n) is 7.40. The van der Waals surface area contributed by atoms with Crippen LogP contribution in [0.25, 0.3) is 0 Å². The zero-order valence-corrected chi connectivity index (χ0v) is 13.8. The molecule has 0 radical (unpaired) electrons. The van der Waals surface area contributed by atoms with Crippen molar-refractivity contribution in [3.8, 4) is 5.75 Å². The highest BCUT2D eigenvalue weighted by molar-refractivity contribution is 9.10. The SMILES string of the molecule is Cc1ccc(Br)c(C(N)CCc2ccc3c(c2)CCO3)c1. The molecule has 21 heavy (non-hydrogen) atoms. The Bertz CT molecular complexity index is 654. The summed E-state index contributed by atoms with van der Waals surface area (Å²) in [5, 5.41) is 0. The predicted octanol–water partition coefficient (Wildman–Crippen LogP) is 4.33. The van der Waals surface area contributed by atoms with Gasteiger partial charge in [0.05, 0.1) is 6.61 Å². The molecule has 0 saturated heterocycles. The molecule has 2 aromatic carbocycles. The van der Waals surface area contributed by atoms with Crippen molar-refractivity contribution in [3.63, 3.8) is 0 Å². The molecule has 0 bridgehead atoms. The normalized spacial score (nSPS) is 14.6. The van der Waals surface area contributed by atoms with Gasteiger partial charge in [0.25, 0.3) is 0 Å². The lowest BCUT2D eigenvalue weighted by molar-refractivity contribution is 0.357. The summed E-state index contributed by atoms with van der Waals surface area (Å²) in [4.78, 5) is 0. The molecule has 0 aliphatic carbocycles. The van der Waals surface area contributed by atoms with E-state index in [1.807, 2.05) is 0 Å². The van der Waals surface area contributed by atoms with Crippen LogP contribution in [0.5, 0.6) is 5.75 Å². The van der Waals surface area contributed by atoms with E-state index in [-0.39, 0.29) is 6.04 Å². The minimum absolute atomic E-state index is 0.0591. The third-order valence-electron chi connectivity index (χ3n) is 4.05. The maximum Gasteiger partial charge on any atom is 0.122 e. The number of nitrogens with two attached hydrogens (primary N) is 1. The van der Waals surface area contributed by atoms with E-state index in [2.05, 4.69) is 59.3 Å². The van der Waals surface area contributed by atoms with Crippen LogP contribution in [0.4, 0.5) is 0 Å². The van der Waals surface area contributed by atoms with Crippen LogP contribution in [0.1, 0.15) is 34.7 Å². The number of ether oxygens (including phenoxy) is 1. The van der Waals surface area contributed by atoms with Gasteiger partial charge in [0.15, 0.2) is 0 Å². The van der Waals surface area contributed by atoms with E-state index in [0.29, 0.717) is 0 Å². The van der Waals surface area contributed by atoms with Gasteiger partial charge in [-0.1, -0.05) is 45.8 Å². The minimum Gasteiger partial charge on any atom is -0.493 e. The van der Waals surface area contributed by atoms with Crippen LogP contribution in [-0.2, 0) is 12.8 Å². The van der Waals surface area contributed by atoms with E-state index < -0.39 is 0 Å². The molecule has 1 heterocycles. The summed E-state index contributed by atoms with van der Waals surface area (Å²) in [5.74, 6) is 1.05. The molecular formula is C18H20BrNO. The second kappa shape index (κ2) is 6.20. The molecule has 3 rings (SSSR count). The largest absolute Gasteiger partial charge is 0.493 e. The van der Waals surface area contributed by atoms with Crippen LogP contribution < -0.4 is 10.5 Å². The van der Waals surface area contributed by atoms with Gasteiger partial charge < -0.3 is 10.5 Å². The fourth-order valence-electron chi connectivity index (χ4n) is 2.82. The molecule has 2 aromatic rings. The summed E-state index contributed by atoms with van der Waals surface area (Å²) in [5.41, 5.74) is 11.5. The molecule has 2 nitrogen and oxygen atoms in total. The van der Waals surface area contributed by atoms with Crippen molar-refractivity contribution >= 4 is 15.9 Å². The van der Waals surface area contributed by atoms with Gasteiger partial charge in [-0.3, -0.25) is 0 Å². The van der Waals surface area contributed by atoms with Gasteiger partial charge in [0.2, 0.25) is 0 Å². The molecule has 1 atom stereocenters. The first-order valence-corrected chi connectivity index (χ1v) is 8.19. The summed E-state index contributed by atoms with van der Waals surface area (Å²) in [6.07, 6.45) is 2.97. The Kier molecular flexibility index (Phi) is 4.32. The highest BCUT2D eigenvalue weighted by Crippen LogP contribution is 2.29. The van der Waals surface area contributed by atoms with Crippen LogP contribution in [0.2, 0.25) is 0 Å². The zero-order chi connectivity index (χ0) is 14.8. The highest BCUT2D eigenvalue weighted by atomic mass is 79.9. The van der Waals surface area contributed by atoms with Gasteiger partial charge >= 0.3 is 0 Å². The van der Waals surface area contributed by atoms with Gasteiger partial charge in [-0.2, -0.15) is 0 Å². The lowest BCUT2D eigenvalue weighted by Crippen LogP contribution is -2.12. The lowest BCUT2D eigenvalue weighted by Gasteiger charge is -2.15. The summed E-state index contributed by atoms with van der Waals surface area (Å²) >= 11 is 3.60. The predicted molar refractivity (Wildman–Crippen MR) is 89.8 cm³/mol. The summed E-state index contributed by atoms with van der Waals surface area (Å²) < 4.78 is 6.65. The van der Waals surface area contributed by atoms with E-state index in [1.54, 1.807) is 0 Å². The first-order chi connectivity index (χ1) is 10.1. The number of benzene rings is 2. The van der Waals surface area contributed by atoms with Crippen molar-refractivity contribution in [2.75, 3.05) is 6.61 Å². The average molecular weight is 346 g/mol. The zero-order valence-electron chi connectivity index (χ0n) is 12.2. The Morgan fingerprint density at radius 2 is 2.10 bits per heavy atom. The summed E-state index contributed by atoms with van der Waals surface area (Å²) in [6.45, 7) is 2.91. The molecule has 0 spiro atoms. The molecule has 2 N–H and O–H groups in total. The van der Waals surface area contributed by atoms with E-state index in [9.17, 15) is 0 Å². The number of hydrogen-bond donors (Lipinski definition) is 1. The second-order valence-electron chi connectivity index (χ2n) is 5.71. The van der Waals surface area contributed by atoms with Crippen molar-refractivity contribution in [3.05, 3.63) is 63.1 Å². The third kappa shape index (κ3) is 3.30. The van der Waals surface area contributed by atoms with Crippen molar-refractivity contribution in [2.24, 2.45) is 5.73 Å². The minimum atomic E-state index is 0.0591. The lowest BCUT2D eigenvalue weighted by atomic mass is 9.97. The maximum atomic E-state index is 6.37. The van der Waals surface area contributed by atoms with Gasteiger partial charge in [-0.15, -0.1) is 0 Å². The molecule has 0 fully saturated rings. The fourth-order valence-corrected chi connectivity index (χ4v) is 3.36. The van der Waals surface area contributed by atoms with Crippen molar-refractivity contribution in [1.82, 2.24) is 0 Å². The fraction of sp³-hybridized carbons (Fsp3) is 0.333. The molecule has 0 aromatic heterocycles. The van der Waals surface area contributed by atoms with Gasteiger partial charge in [0, 0.05) is 16.9 Å². The molecule has 1 aliphatic rings. The molecule has 1 aliphatic heterocycles. The van der Waals surface area contributed by atoms with E-state index in [0.717, 1.165) is 36.1 Å². The Hall–Kier alpha value is -1.32. The number of halogens is 1. The Morgan fingerprint density at radius 1 is 1.24 bits per heavy atom. The van der Waals surface area contributed by atoms with Gasteiger partial charge in [-0.05, 0) is 48.6 Å². The average Bonchev–Trinajstić information content (AvgIpc) is 2.94. The van der Waals surface area contributed by atoms with Crippen LogP contribution in [0.3, 0.4) is 0 Å². The maximum absolute atomic E-state index is 6.37. The number of aryl methyl sites for hydroxylation is 2. The van der Waals surface area contributed by atoms with Crippen LogP contribution in [0.15, 0.2) is 40.9 Å². The number of hydrogen-bond acceptors (Lipinski definition) is 2. The number of rotatable bonds is 4. The highest BCUT2D eigenvalue weighted by Gasteiger charge is 2.14. The van der Waals surface area contributed by atoms with Crippen LogP contribution in [-0.4, -0.2) is 6.61 Å². The monoisotopic (exact) mass is 345 g/mol. The van der Waals surface area contributed by atoms with Crippen molar-refractivity contribution in [2.45, 2.75) is 32.2 Å². The molecular weight excluding hydrogens is 326 g/mol. The number of fused-ring (bicyclic) bond motifs is 1. The van der Waals surface area contributed by atoms with E-state index in [1.165, 1.54) is 22.3 Å². The van der Waals surface area contributed by atoms with Crippen molar-refractivity contribution in [1.29, 1.82) is 0 Å². The van der Waals surface area contributed by atoms with Crippen molar-refractivity contribution < 1.29 is 4.74 Å². The van der Waals surface area contributed by atoms with E-state index in [4.69, 9.17) is 10.5 Å². The van der Waals surface area contributed by atoms with E-state index >= 15 is 0 Å². The topological polar surface area (TPSA) is 35.2 Å². The Morgan fingerprint density at radius 3 is 2.95 bits per heavy atom. The third-order valence-corrected chi connectivity index (χ3v) is 4.77. The van der Waals surface area contributed by atoms with Gasteiger partial charge in [0.1, 0.15) is 5.75 Å².